The minimum Gasteiger partial charge on any atom is -0.334 e. The van der Waals surface area contributed by atoms with Crippen molar-refractivity contribution in [1.82, 2.24) is 25.4 Å². The van der Waals surface area contributed by atoms with E-state index in [-0.39, 0.29) is 5.91 Å². The number of aromatic amines is 1. The van der Waals surface area contributed by atoms with Gasteiger partial charge in [-0.25, -0.2) is 4.98 Å². The van der Waals surface area contributed by atoms with Crippen LogP contribution < -0.4 is 5.32 Å². The van der Waals surface area contributed by atoms with Gasteiger partial charge >= 0.3 is 0 Å². The van der Waals surface area contributed by atoms with Crippen LogP contribution in [-0.4, -0.2) is 51.7 Å². The Bertz CT molecular complexity index is 638. The number of carbonyl (C=O) groups excluding carboxylic acids is 1. The zero-order valence-corrected chi connectivity index (χ0v) is 14.7. The van der Waals surface area contributed by atoms with Crippen molar-refractivity contribution in [1.29, 1.82) is 0 Å². The van der Waals surface area contributed by atoms with Gasteiger partial charge in [0.25, 0.3) is 5.91 Å². The highest BCUT2D eigenvalue weighted by Gasteiger charge is 2.26. The molecule has 1 saturated heterocycles. The topological polar surface area (TPSA) is 73.9 Å². The smallest absolute Gasteiger partial charge is 0.254 e. The van der Waals surface area contributed by atoms with Gasteiger partial charge in [-0.2, -0.15) is 5.10 Å². The summed E-state index contributed by atoms with van der Waals surface area (Å²) in [5.74, 6) is 0.939. The fourth-order valence-electron chi connectivity index (χ4n) is 2.92. The number of hydrogen-bond donors (Lipinski definition) is 2. The van der Waals surface area contributed by atoms with Gasteiger partial charge in [0.05, 0.1) is 0 Å². The lowest BCUT2D eigenvalue weighted by molar-refractivity contribution is 0.0692. The summed E-state index contributed by atoms with van der Waals surface area (Å²) >= 11 is 1.60. The van der Waals surface area contributed by atoms with Crippen LogP contribution in [0.25, 0.3) is 0 Å². The second kappa shape index (κ2) is 8.30. The quantitative estimate of drug-likeness (QED) is 0.753. The van der Waals surface area contributed by atoms with E-state index in [1.54, 1.807) is 11.8 Å². The zero-order chi connectivity index (χ0) is 16.8. The standard InChI is InChI=1S/C17H23N5OS/c1-2-9-22(15-7-8-18-10-15)16(23)14-5-3-13(4-6-14)11-24-17-19-12-20-21-17/h3-6,12,15,18H,2,7-11H2,1H3,(H,19,20,21). The molecule has 1 atom stereocenters. The van der Waals surface area contributed by atoms with E-state index in [0.717, 1.165) is 54.5 Å². The van der Waals surface area contributed by atoms with Crippen LogP contribution in [0.5, 0.6) is 0 Å². The predicted molar refractivity (Wildman–Crippen MR) is 95.0 cm³/mol. The summed E-state index contributed by atoms with van der Waals surface area (Å²) < 4.78 is 0. The van der Waals surface area contributed by atoms with Crippen molar-refractivity contribution in [3.63, 3.8) is 0 Å². The highest BCUT2D eigenvalue weighted by Crippen LogP contribution is 2.20. The van der Waals surface area contributed by atoms with Crippen LogP contribution in [-0.2, 0) is 5.75 Å². The molecular formula is C17H23N5OS. The van der Waals surface area contributed by atoms with Crippen molar-refractivity contribution in [2.75, 3.05) is 19.6 Å². The maximum Gasteiger partial charge on any atom is 0.254 e. The van der Waals surface area contributed by atoms with Gasteiger partial charge < -0.3 is 10.2 Å². The molecule has 2 N–H and O–H groups in total. The number of aromatic nitrogens is 3. The first-order valence-electron chi connectivity index (χ1n) is 8.36. The summed E-state index contributed by atoms with van der Waals surface area (Å²) in [6, 6.07) is 8.23. The monoisotopic (exact) mass is 345 g/mol. The third-order valence-electron chi connectivity index (χ3n) is 4.17. The summed E-state index contributed by atoms with van der Waals surface area (Å²) in [4.78, 5) is 19.0. The molecule has 1 amide bonds. The maximum atomic E-state index is 12.8. The molecule has 3 rings (SSSR count). The van der Waals surface area contributed by atoms with Crippen LogP contribution in [0.1, 0.15) is 35.7 Å². The number of H-pyrrole nitrogens is 1. The molecule has 2 heterocycles. The Hall–Kier alpha value is -1.86. The van der Waals surface area contributed by atoms with Gasteiger partial charge in [-0.05, 0) is 37.1 Å². The number of amides is 1. The van der Waals surface area contributed by atoms with Gasteiger partial charge in [-0.15, -0.1) is 0 Å². The number of thioether (sulfide) groups is 1. The highest BCUT2D eigenvalue weighted by molar-refractivity contribution is 7.98. The average Bonchev–Trinajstić information content (AvgIpc) is 3.31. The summed E-state index contributed by atoms with van der Waals surface area (Å²) in [6.45, 7) is 4.83. The van der Waals surface area contributed by atoms with E-state index in [1.807, 2.05) is 29.2 Å². The van der Waals surface area contributed by atoms with E-state index in [0.29, 0.717) is 6.04 Å². The predicted octanol–water partition coefficient (Wildman–Crippen LogP) is 2.31. The summed E-state index contributed by atoms with van der Waals surface area (Å²) in [6.07, 6.45) is 3.52. The third-order valence-corrected chi connectivity index (χ3v) is 5.12. The van der Waals surface area contributed by atoms with Gasteiger partial charge in [-0.1, -0.05) is 30.8 Å². The van der Waals surface area contributed by atoms with Crippen molar-refractivity contribution in [3.05, 3.63) is 41.7 Å². The van der Waals surface area contributed by atoms with Gasteiger partial charge in [0, 0.05) is 30.4 Å². The molecule has 128 valence electrons. The largest absolute Gasteiger partial charge is 0.334 e. The van der Waals surface area contributed by atoms with Crippen molar-refractivity contribution < 1.29 is 4.79 Å². The van der Waals surface area contributed by atoms with E-state index >= 15 is 0 Å². The Morgan fingerprint density at radius 1 is 1.38 bits per heavy atom. The Balaban J connectivity index is 1.63. The van der Waals surface area contributed by atoms with Crippen LogP contribution in [0.3, 0.4) is 0 Å². The number of nitrogens with zero attached hydrogens (tertiary/aromatic N) is 3. The van der Waals surface area contributed by atoms with Crippen LogP contribution in [0.2, 0.25) is 0 Å². The van der Waals surface area contributed by atoms with Gasteiger partial charge in [0.1, 0.15) is 6.33 Å². The Morgan fingerprint density at radius 2 is 2.21 bits per heavy atom. The first kappa shape index (κ1) is 17.0. The van der Waals surface area contributed by atoms with Crippen LogP contribution in [0.15, 0.2) is 35.7 Å². The Kier molecular flexibility index (Phi) is 5.87. The van der Waals surface area contributed by atoms with E-state index in [1.165, 1.54) is 6.33 Å². The van der Waals surface area contributed by atoms with E-state index < -0.39 is 0 Å². The SMILES string of the molecule is CCCN(C(=O)c1ccc(CSc2ncn[nH]2)cc1)C1CCNC1. The molecule has 1 aromatic carbocycles. The molecule has 0 bridgehead atoms. The number of nitrogens with one attached hydrogen (secondary N) is 2. The molecule has 0 saturated carbocycles. The van der Waals surface area contributed by atoms with Gasteiger partial charge in [0.2, 0.25) is 0 Å². The lowest BCUT2D eigenvalue weighted by atomic mass is 10.1. The van der Waals surface area contributed by atoms with Gasteiger partial charge in [0.15, 0.2) is 5.16 Å². The molecule has 6 nitrogen and oxygen atoms in total. The number of hydrogen-bond acceptors (Lipinski definition) is 5. The molecular weight excluding hydrogens is 322 g/mol. The minimum atomic E-state index is 0.139. The van der Waals surface area contributed by atoms with Crippen molar-refractivity contribution in [3.8, 4) is 0 Å². The maximum absolute atomic E-state index is 12.8. The fourth-order valence-corrected chi connectivity index (χ4v) is 3.66. The third kappa shape index (κ3) is 4.15. The second-order valence-electron chi connectivity index (χ2n) is 5.92. The summed E-state index contributed by atoms with van der Waals surface area (Å²) in [5.41, 5.74) is 1.93. The van der Waals surface area contributed by atoms with Gasteiger partial charge in [-0.3, -0.25) is 9.89 Å². The molecule has 1 aliphatic rings. The molecule has 1 unspecified atom stereocenters. The first-order valence-corrected chi connectivity index (χ1v) is 9.35. The lowest BCUT2D eigenvalue weighted by Gasteiger charge is -2.28. The van der Waals surface area contributed by atoms with Crippen LogP contribution in [0, 0.1) is 0 Å². The van der Waals surface area contributed by atoms with E-state index in [9.17, 15) is 4.79 Å². The van der Waals surface area contributed by atoms with Crippen molar-refractivity contribution in [2.24, 2.45) is 0 Å². The van der Waals surface area contributed by atoms with Crippen LogP contribution >= 0.6 is 11.8 Å². The number of benzene rings is 1. The molecule has 0 spiro atoms. The van der Waals surface area contributed by atoms with Crippen molar-refractivity contribution >= 4 is 17.7 Å². The molecule has 0 radical (unpaired) electrons. The second-order valence-corrected chi connectivity index (χ2v) is 6.89. The average molecular weight is 345 g/mol. The normalized spacial score (nSPS) is 17.1. The molecule has 7 heteroatoms. The van der Waals surface area contributed by atoms with Crippen LogP contribution in [0.4, 0.5) is 0 Å². The molecule has 1 aliphatic heterocycles. The molecule has 24 heavy (non-hydrogen) atoms. The molecule has 1 aromatic heterocycles. The Labute approximate surface area is 146 Å². The summed E-state index contributed by atoms with van der Waals surface area (Å²) in [5, 5.41) is 10.8. The molecule has 0 aliphatic carbocycles. The van der Waals surface area contributed by atoms with E-state index in [4.69, 9.17) is 0 Å². The van der Waals surface area contributed by atoms with Crippen molar-refractivity contribution in [2.45, 2.75) is 36.7 Å². The summed E-state index contributed by atoms with van der Waals surface area (Å²) in [7, 11) is 0. The Morgan fingerprint density at radius 3 is 2.83 bits per heavy atom. The fraction of sp³-hybridized carbons (Fsp3) is 0.471. The zero-order valence-electron chi connectivity index (χ0n) is 13.9. The number of rotatable bonds is 7. The number of carbonyl (C=O) groups is 1. The first-order chi connectivity index (χ1) is 11.8. The van der Waals surface area contributed by atoms with E-state index in [2.05, 4.69) is 27.4 Å². The molecule has 1 fully saturated rings. The minimum absolute atomic E-state index is 0.139. The highest BCUT2D eigenvalue weighted by atomic mass is 32.2. The lowest BCUT2D eigenvalue weighted by Crippen LogP contribution is -2.42. The molecule has 2 aromatic rings.